The van der Waals surface area contributed by atoms with Crippen molar-refractivity contribution in [2.45, 2.75) is 37.7 Å². The quantitative estimate of drug-likeness (QED) is 0.841. The Labute approximate surface area is 120 Å². The van der Waals surface area contributed by atoms with Crippen LogP contribution in [-0.2, 0) is 14.8 Å². The third kappa shape index (κ3) is 3.13. The molecule has 20 heavy (non-hydrogen) atoms. The lowest BCUT2D eigenvalue weighted by atomic mass is 10.2. The maximum atomic E-state index is 12.6. The standard InChI is InChI=1S/C14H22N2O3S/c1-3-16(10-12-5-4-8-19-12)20(17,18)13-6-7-14(15)11(2)9-13/h6-7,9,12H,3-5,8,10,15H2,1-2H3. The monoisotopic (exact) mass is 298 g/mol. The van der Waals surface area contributed by atoms with Gasteiger partial charge in [-0.15, -0.1) is 0 Å². The maximum absolute atomic E-state index is 12.6. The number of nitrogens with two attached hydrogens (primary N) is 1. The Hall–Kier alpha value is -1.11. The molecular weight excluding hydrogens is 276 g/mol. The molecule has 0 radical (unpaired) electrons. The third-order valence-electron chi connectivity index (χ3n) is 3.66. The zero-order valence-electron chi connectivity index (χ0n) is 12.0. The largest absolute Gasteiger partial charge is 0.399 e. The van der Waals surface area contributed by atoms with Crippen LogP contribution in [0, 0.1) is 6.92 Å². The molecule has 1 saturated heterocycles. The topological polar surface area (TPSA) is 72.6 Å². The molecule has 1 heterocycles. The van der Waals surface area contributed by atoms with E-state index in [0.29, 0.717) is 23.7 Å². The number of nitrogen functional groups attached to an aromatic ring is 1. The minimum atomic E-state index is -3.48. The van der Waals surface area contributed by atoms with Crippen molar-refractivity contribution in [2.24, 2.45) is 0 Å². The molecule has 1 aliphatic rings. The van der Waals surface area contributed by atoms with Gasteiger partial charge in [-0.05, 0) is 43.5 Å². The molecule has 1 fully saturated rings. The summed E-state index contributed by atoms with van der Waals surface area (Å²) in [5.41, 5.74) is 7.12. The molecule has 1 unspecified atom stereocenters. The van der Waals surface area contributed by atoms with Crippen molar-refractivity contribution in [1.82, 2.24) is 4.31 Å². The fourth-order valence-electron chi connectivity index (χ4n) is 2.37. The first-order valence-electron chi connectivity index (χ1n) is 6.93. The molecule has 5 nitrogen and oxygen atoms in total. The highest BCUT2D eigenvalue weighted by Crippen LogP contribution is 2.22. The predicted molar refractivity (Wildman–Crippen MR) is 79.0 cm³/mol. The highest BCUT2D eigenvalue weighted by Gasteiger charge is 2.28. The number of hydrogen-bond donors (Lipinski definition) is 1. The molecule has 1 atom stereocenters. The second kappa shape index (κ2) is 6.11. The van der Waals surface area contributed by atoms with E-state index in [2.05, 4.69) is 0 Å². The minimum Gasteiger partial charge on any atom is -0.399 e. The summed E-state index contributed by atoms with van der Waals surface area (Å²) in [6.07, 6.45) is 1.94. The van der Waals surface area contributed by atoms with Crippen LogP contribution in [0.1, 0.15) is 25.3 Å². The number of anilines is 1. The van der Waals surface area contributed by atoms with E-state index in [1.807, 2.05) is 13.8 Å². The highest BCUT2D eigenvalue weighted by atomic mass is 32.2. The molecule has 0 bridgehead atoms. The second-order valence-electron chi connectivity index (χ2n) is 5.11. The van der Waals surface area contributed by atoms with Crippen LogP contribution in [0.3, 0.4) is 0 Å². The normalized spacial score (nSPS) is 19.6. The zero-order chi connectivity index (χ0) is 14.8. The van der Waals surface area contributed by atoms with Crippen LogP contribution >= 0.6 is 0 Å². The molecule has 0 spiro atoms. The van der Waals surface area contributed by atoms with E-state index in [4.69, 9.17) is 10.5 Å². The maximum Gasteiger partial charge on any atom is 0.243 e. The van der Waals surface area contributed by atoms with Crippen molar-refractivity contribution in [1.29, 1.82) is 0 Å². The van der Waals surface area contributed by atoms with Gasteiger partial charge in [-0.3, -0.25) is 0 Å². The van der Waals surface area contributed by atoms with Gasteiger partial charge in [-0.1, -0.05) is 6.92 Å². The van der Waals surface area contributed by atoms with Crippen LogP contribution in [0.5, 0.6) is 0 Å². The van der Waals surface area contributed by atoms with Crippen LogP contribution in [-0.4, -0.2) is 38.5 Å². The van der Waals surface area contributed by atoms with Gasteiger partial charge in [0.25, 0.3) is 0 Å². The Morgan fingerprint density at radius 1 is 1.45 bits per heavy atom. The lowest BCUT2D eigenvalue weighted by Crippen LogP contribution is -2.37. The van der Waals surface area contributed by atoms with E-state index >= 15 is 0 Å². The summed E-state index contributed by atoms with van der Waals surface area (Å²) >= 11 is 0. The third-order valence-corrected chi connectivity index (χ3v) is 5.60. The van der Waals surface area contributed by atoms with Crippen LogP contribution in [0.15, 0.2) is 23.1 Å². The number of ether oxygens (including phenoxy) is 1. The second-order valence-corrected chi connectivity index (χ2v) is 7.05. The van der Waals surface area contributed by atoms with E-state index in [9.17, 15) is 8.42 Å². The number of nitrogens with zero attached hydrogens (tertiary/aromatic N) is 1. The SMILES string of the molecule is CCN(CC1CCCO1)S(=O)(=O)c1ccc(N)c(C)c1. The van der Waals surface area contributed by atoms with Gasteiger partial charge < -0.3 is 10.5 Å². The lowest BCUT2D eigenvalue weighted by Gasteiger charge is -2.23. The fourth-order valence-corrected chi connectivity index (χ4v) is 3.94. The Morgan fingerprint density at radius 2 is 2.20 bits per heavy atom. The molecule has 1 aliphatic heterocycles. The van der Waals surface area contributed by atoms with Crippen LogP contribution in [0.4, 0.5) is 5.69 Å². The summed E-state index contributed by atoms with van der Waals surface area (Å²) in [7, 11) is -3.48. The summed E-state index contributed by atoms with van der Waals surface area (Å²) in [6, 6.07) is 4.83. The van der Waals surface area contributed by atoms with Crippen molar-refractivity contribution in [3.8, 4) is 0 Å². The van der Waals surface area contributed by atoms with E-state index in [1.165, 1.54) is 4.31 Å². The van der Waals surface area contributed by atoms with Crippen LogP contribution in [0.2, 0.25) is 0 Å². The molecule has 1 aromatic rings. The van der Waals surface area contributed by atoms with Gasteiger partial charge in [-0.2, -0.15) is 4.31 Å². The summed E-state index contributed by atoms with van der Waals surface area (Å²) in [5.74, 6) is 0. The summed E-state index contributed by atoms with van der Waals surface area (Å²) in [6.45, 7) is 5.23. The number of aryl methyl sites for hydroxylation is 1. The average Bonchev–Trinajstić information content (AvgIpc) is 2.91. The zero-order valence-corrected chi connectivity index (χ0v) is 12.8. The number of likely N-dealkylation sites (N-methyl/N-ethyl adjacent to an activating group) is 1. The fraction of sp³-hybridized carbons (Fsp3) is 0.571. The van der Waals surface area contributed by atoms with Crippen molar-refractivity contribution < 1.29 is 13.2 Å². The van der Waals surface area contributed by atoms with E-state index in [0.717, 1.165) is 25.0 Å². The number of benzene rings is 1. The first-order valence-corrected chi connectivity index (χ1v) is 8.37. The van der Waals surface area contributed by atoms with Crippen molar-refractivity contribution in [3.05, 3.63) is 23.8 Å². The molecule has 1 aromatic carbocycles. The molecule has 2 rings (SSSR count). The molecule has 112 valence electrons. The Balaban J connectivity index is 2.23. The highest BCUT2D eigenvalue weighted by molar-refractivity contribution is 7.89. The smallest absolute Gasteiger partial charge is 0.243 e. The van der Waals surface area contributed by atoms with E-state index in [-0.39, 0.29) is 6.10 Å². The van der Waals surface area contributed by atoms with Crippen LogP contribution in [0.25, 0.3) is 0 Å². The Kier molecular flexibility index (Phi) is 4.67. The predicted octanol–water partition coefficient (Wildman–Crippen LogP) is 1.77. The molecule has 6 heteroatoms. The molecule has 2 N–H and O–H groups in total. The molecular formula is C14H22N2O3S. The van der Waals surface area contributed by atoms with Crippen LogP contribution < -0.4 is 5.73 Å². The van der Waals surface area contributed by atoms with Gasteiger partial charge in [-0.25, -0.2) is 8.42 Å². The van der Waals surface area contributed by atoms with Gasteiger partial charge in [0.15, 0.2) is 0 Å². The summed E-state index contributed by atoms with van der Waals surface area (Å²) < 4.78 is 32.3. The molecule has 0 amide bonds. The number of sulfonamides is 1. The lowest BCUT2D eigenvalue weighted by molar-refractivity contribution is 0.0947. The molecule has 0 saturated carbocycles. The average molecular weight is 298 g/mol. The summed E-state index contributed by atoms with van der Waals surface area (Å²) in [4.78, 5) is 0.295. The first kappa shape index (κ1) is 15.3. The van der Waals surface area contributed by atoms with Gasteiger partial charge in [0.1, 0.15) is 0 Å². The van der Waals surface area contributed by atoms with Crippen molar-refractivity contribution >= 4 is 15.7 Å². The van der Waals surface area contributed by atoms with E-state index < -0.39 is 10.0 Å². The molecule has 0 aromatic heterocycles. The van der Waals surface area contributed by atoms with E-state index in [1.54, 1.807) is 18.2 Å². The number of rotatable bonds is 5. The van der Waals surface area contributed by atoms with Crippen molar-refractivity contribution in [3.63, 3.8) is 0 Å². The Morgan fingerprint density at radius 3 is 2.75 bits per heavy atom. The van der Waals surface area contributed by atoms with Gasteiger partial charge >= 0.3 is 0 Å². The Bertz CT molecular complexity index is 566. The van der Waals surface area contributed by atoms with Crippen molar-refractivity contribution in [2.75, 3.05) is 25.4 Å². The first-order chi connectivity index (χ1) is 9.45. The number of hydrogen-bond acceptors (Lipinski definition) is 4. The van der Waals surface area contributed by atoms with Gasteiger partial charge in [0, 0.05) is 25.4 Å². The van der Waals surface area contributed by atoms with Gasteiger partial charge in [0.2, 0.25) is 10.0 Å². The van der Waals surface area contributed by atoms with Gasteiger partial charge in [0.05, 0.1) is 11.0 Å². The summed E-state index contributed by atoms with van der Waals surface area (Å²) in [5, 5.41) is 0. The molecule has 0 aliphatic carbocycles. The minimum absolute atomic E-state index is 0.0135.